The highest BCUT2D eigenvalue weighted by molar-refractivity contribution is 9.10. The normalized spacial score (nSPS) is 13.5. The van der Waals surface area contributed by atoms with E-state index in [0.717, 1.165) is 13.0 Å². The molecule has 1 aromatic heterocycles. The van der Waals surface area contributed by atoms with Gasteiger partial charge in [-0.1, -0.05) is 20.8 Å². The minimum Gasteiger partial charge on any atom is -0.314 e. The van der Waals surface area contributed by atoms with Crippen molar-refractivity contribution in [3.8, 4) is 0 Å². The van der Waals surface area contributed by atoms with E-state index in [0.29, 0.717) is 12.0 Å². The average Bonchev–Trinajstić information content (AvgIpc) is 2.49. The molecule has 0 spiro atoms. The first kappa shape index (κ1) is 12.2. The SMILES string of the molecule is CC(CNC(C)C)Cc1sccc1Br. The van der Waals surface area contributed by atoms with Gasteiger partial charge in [0, 0.05) is 15.4 Å². The zero-order valence-electron chi connectivity index (χ0n) is 9.01. The third kappa shape index (κ3) is 4.11. The van der Waals surface area contributed by atoms with Gasteiger partial charge in [0.15, 0.2) is 0 Å². The Kier molecular flexibility index (Phi) is 5.13. The Morgan fingerprint density at radius 3 is 2.64 bits per heavy atom. The van der Waals surface area contributed by atoms with E-state index in [2.05, 4.69) is 53.5 Å². The number of halogens is 1. The highest BCUT2D eigenvalue weighted by atomic mass is 79.9. The second-order valence-corrected chi connectivity index (χ2v) is 5.92. The fourth-order valence-corrected chi connectivity index (χ4v) is 2.98. The second kappa shape index (κ2) is 5.89. The van der Waals surface area contributed by atoms with Gasteiger partial charge in [0.1, 0.15) is 0 Å². The summed E-state index contributed by atoms with van der Waals surface area (Å²) in [6.45, 7) is 7.77. The molecule has 80 valence electrons. The third-order valence-electron chi connectivity index (χ3n) is 2.10. The topological polar surface area (TPSA) is 12.0 Å². The van der Waals surface area contributed by atoms with Crippen LogP contribution in [-0.2, 0) is 6.42 Å². The lowest BCUT2D eigenvalue weighted by Gasteiger charge is -2.14. The number of hydrogen-bond donors (Lipinski definition) is 1. The molecule has 0 aromatic carbocycles. The van der Waals surface area contributed by atoms with Crippen LogP contribution in [0.5, 0.6) is 0 Å². The molecule has 0 aliphatic heterocycles. The molecule has 1 rings (SSSR count). The summed E-state index contributed by atoms with van der Waals surface area (Å²) in [4.78, 5) is 1.46. The molecule has 14 heavy (non-hydrogen) atoms. The lowest BCUT2D eigenvalue weighted by Crippen LogP contribution is -2.28. The molecule has 0 aliphatic rings. The lowest BCUT2D eigenvalue weighted by molar-refractivity contribution is 0.477. The van der Waals surface area contributed by atoms with Crippen molar-refractivity contribution in [2.45, 2.75) is 33.2 Å². The minimum atomic E-state index is 0.587. The van der Waals surface area contributed by atoms with Crippen LogP contribution in [0.1, 0.15) is 25.6 Å². The maximum atomic E-state index is 3.56. The van der Waals surface area contributed by atoms with E-state index < -0.39 is 0 Å². The van der Waals surface area contributed by atoms with Crippen LogP contribution >= 0.6 is 27.3 Å². The third-order valence-corrected chi connectivity index (χ3v) is 4.05. The first-order valence-electron chi connectivity index (χ1n) is 5.05. The molecule has 1 N–H and O–H groups in total. The zero-order chi connectivity index (χ0) is 10.6. The van der Waals surface area contributed by atoms with Gasteiger partial charge in [-0.05, 0) is 46.3 Å². The highest BCUT2D eigenvalue weighted by Gasteiger charge is 2.07. The van der Waals surface area contributed by atoms with E-state index in [4.69, 9.17) is 0 Å². The second-order valence-electron chi connectivity index (χ2n) is 4.06. The zero-order valence-corrected chi connectivity index (χ0v) is 11.4. The number of thiophene rings is 1. The van der Waals surface area contributed by atoms with Crippen molar-refractivity contribution in [3.05, 3.63) is 20.8 Å². The van der Waals surface area contributed by atoms with Crippen LogP contribution in [0.3, 0.4) is 0 Å². The number of rotatable bonds is 5. The summed E-state index contributed by atoms with van der Waals surface area (Å²) in [5.41, 5.74) is 0. The van der Waals surface area contributed by atoms with Crippen molar-refractivity contribution in [3.63, 3.8) is 0 Å². The molecule has 1 nitrogen and oxygen atoms in total. The summed E-state index contributed by atoms with van der Waals surface area (Å²) in [7, 11) is 0. The van der Waals surface area contributed by atoms with Crippen LogP contribution in [-0.4, -0.2) is 12.6 Å². The van der Waals surface area contributed by atoms with Crippen molar-refractivity contribution in [1.82, 2.24) is 5.32 Å². The summed E-state index contributed by atoms with van der Waals surface area (Å²) in [6, 6.07) is 2.71. The Balaban J connectivity index is 2.34. The van der Waals surface area contributed by atoms with Crippen LogP contribution < -0.4 is 5.32 Å². The Labute approximate surface area is 99.0 Å². The van der Waals surface area contributed by atoms with Crippen LogP contribution in [0, 0.1) is 5.92 Å². The largest absolute Gasteiger partial charge is 0.314 e. The molecule has 0 saturated heterocycles. The molecular formula is C11H18BrNS. The molecule has 3 heteroatoms. The predicted octanol–water partition coefficient (Wildman–Crippen LogP) is 3.69. The molecule has 1 unspecified atom stereocenters. The van der Waals surface area contributed by atoms with E-state index in [-0.39, 0.29) is 0 Å². The number of hydrogen-bond acceptors (Lipinski definition) is 2. The predicted molar refractivity (Wildman–Crippen MR) is 68.0 cm³/mol. The Bertz CT molecular complexity index is 270. The van der Waals surface area contributed by atoms with Gasteiger partial charge in [-0.15, -0.1) is 11.3 Å². The molecule has 1 atom stereocenters. The van der Waals surface area contributed by atoms with Crippen LogP contribution in [0.2, 0.25) is 0 Å². The van der Waals surface area contributed by atoms with Crippen LogP contribution in [0.4, 0.5) is 0 Å². The van der Waals surface area contributed by atoms with Crippen molar-refractivity contribution in [2.24, 2.45) is 5.92 Å². The Morgan fingerprint density at radius 2 is 2.14 bits per heavy atom. The van der Waals surface area contributed by atoms with Crippen LogP contribution in [0.25, 0.3) is 0 Å². The van der Waals surface area contributed by atoms with Crippen LogP contribution in [0.15, 0.2) is 15.9 Å². The van der Waals surface area contributed by atoms with Gasteiger partial charge in [-0.2, -0.15) is 0 Å². The Morgan fingerprint density at radius 1 is 1.43 bits per heavy atom. The number of nitrogens with one attached hydrogen (secondary N) is 1. The van der Waals surface area contributed by atoms with Gasteiger partial charge in [0.2, 0.25) is 0 Å². The maximum Gasteiger partial charge on any atom is 0.0314 e. The quantitative estimate of drug-likeness (QED) is 0.865. The van der Waals surface area contributed by atoms with Crippen molar-refractivity contribution < 1.29 is 0 Å². The average molecular weight is 276 g/mol. The van der Waals surface area contributed by atoms with Gasteiger partial charge in [0.05, 0.1) is 0 Å². The fourth-order valence-electron chi connectivity index (χ4n) is 1.30. The van der Waals surface area contributed by atoms with Gasteiger partial charge in [-0.3, -0.25) is 0 Å². The van der Waals surface area contributed by atoms with Gasteiger partial charge >= 0.3 is 0 Å². The summed E-state index contributed by atoms with van der Waals surface area (Å²) < 4.78 is 1.26. The van der Waals surface area contributed by atoms with Crippen molar-refractivity contribution >= 4 is 27.3 Å². The summed E-state index contributed by atoms with van der Waals surface area (Å²) in [6.07, 6.45) is 1.16. The molecular weight excluding hydrogens is 258 g/mol. The smallest absolute Gasteiger partial charge is 0.0314 e. The summed E-state index contributed by atoms with van der Waals surface area (Å²) in [5, 5.41) is 5.61. The van der Waals surface area contributed by atoms with Gasteiger partial charge in [-0.25, -0.2) is 0 Å². The first-order chi connectivity index (χ1) is 6.59. The molecule has 0 fully saturated rings. The van der Waals surface area contributed by atoms with E-state index in [1.807, 2.05) is 11.3 Å². The summed E-state index contributed by atoms with van der Waals surface area (Å²) in [5.74, 6) is 0.701. The molecule has 0 aliphatic carbocycles. The molecule has 1 heterocycles. The molecule has 0 amide bonds. The van der Waals surface area contributed by atoms with Crippen molar-refractivity contribution in [2.75, 3.05) is 6.54 Å². The molecule has 1 aromatic rings. The maximum absolute atomic E-state index is 3.56. The van der Waals surface area contributed by atoms with Gasteiger partial charge < -0.3 is 5.32 Å². The standard InChI is InChI=1S/C11H18BrNS/c1-8(2)13-7-9(3)6-11-10(12)4-5-14-11/h4-5,8-9,13H,6-7H2,1-3H3. The summed E-state index contributed by atoms with van der Waals surface area (Å²) >= 11 is 5.40. The molecule has 0 radical (unpaired) electrons. The fraction of sp³-hybridized carbons (Fsp3) is 0.636. The molecule has 0 saturated carbocycles. The van der Waals surface area contributed by atoms with E-state index >= 15 is 0 Å². The molecule has 0 bridgehead atoms. The van der Waals surface area contributed by atoms with Crippen molar-refractivity contribution in [1.29, 1.82) is 0 Å². The van der Waals surface area contributed by atoms with E-state index in [1.165, 1.54) is 9.35 Å². The monoisotopic (exact) mass is 275 g/mol. The minimum absolute atomic E-state index is 0.587. The lowest BCUT2D eigenvalue weighted by atomic mass is 10.1. The van der Waals surface area contributed by atoms with Gasteiger partial charge in [0.25, 0.3) is 0 Å². The van der Waals surface area contributed by atoms with E-state index in [9.17, 15) is 0 Å². The first-order valence-corrected chi connectivity index (χ1v) is 6.72. The Hall–Kier alpha value is 0.140. The van der Waals surface area contributed by atoms with E-state index in [1.54, 1.807) is 0 Å². The highest BCUT2D eigenvalue weighted by Crippen LogP contribution is 2.25.